The van der Waals surface area contributed by atoms with Crippen molar-refractivity contribution in [3.05, 3.63) is 17.5 Å². The number of nitrogens with zero attached hydrogens (tertiary/aromatic N) is 2. The summed E-state index contributed by atoms with van der Waals surface area (Å²) in [5, 5.41) is 11.9. The fourth-order valence-electron chi connectivity index (χ4n) is 0.980. The lowest BCUT2D eigenvalue weighted by Gasteiger charge is -2.24. The smallest absolute Gasteiger partial charge is 0.329 e. The zero-order valence-electron chi connectivity index (χ0n) is 8.49. The van der Waals surface area contributed by atoms with Crippen LogP contribution < -0.4 is 5.32 Å². The van der Waals surface area contributed by atoms with Crippen LogP contribution in [0.4, 0.5) is 5.82 Å². The molecule has 0 saturated heterocycles. The van der Waals surface area contributed by atoms with E-state index in [9.17, 15) is 4.79 Å². The molecule has 0 aromatic carbocycles. The molecular weight excluding hydrogens is 218 g/mol. The Morgan fingerprint density at radius 2 is 2.40 bits per heavy atom. The maximum absolute atomic E-state index is 11.0. The van der Waals surface area contributed by atoms with Crippen molar-refractivity contribution < 1.29 is 9.90 Å². The Kier molecular flexibility index (Phi) is 3.47. The lowest BCUT2D eigenvalue weighted by Crippen LogP contribution is -2.42. The van der Waals surface area contributed by atoms with Gasteiger partial charge in [-0.2, -0.15) is 0 Å². The molecule has 0 spiro atoms. The van der Waals surface area contributed by atoms with E-state index in [0.29, 0.717) is 12.2 Å². The number of hydrogen-bond acceptors (Lipinski definition) is 4. The van der Waals surface area contributed by atoms with Gasteiger partial charge in [-0.05, 0) is 31.0 Å². The van der Waals surface area contributed by atoms with Crippen molar-refractivity contribution in [2.75, 3.05) is 5.32 Å². The third kappa shape index (κ3) is 2.79. The highest BCUT2D eigenvalue weighted by Gasteiger charge is 2.31. The van der Waals surface area contributed by atoms with Crippen molar-refractivity contribution >= 4 is 23.4 Å². The van der Waals surface area contributed by atoms with Crippen LogP contribution in [0.2, 0.25) is 5.28 Å². The largest absolute Gasteiger partial charge is 0.480 e. The molecule has 0 saturated carbocycles. The number of carboxylic acids is 1. The number of nitrogens with one attached hydrogen (secondary N) is 1. The number of hydrogen-bond donors (Lipinski definition) is 2. The van der Waals surface area contributed by atoms with Crippen LogP contribution >= 0.6 is 11.6 Å². The molecule has 15 heavy (non-hydrogen) atoms. The van der Waals surface area contributed by atoms with Gasteiger partial charge in [-0.15, -0.1) is 0 Å². The van der Waals surface area contributed by atoms with E-state index in [4.69, 9.17) is 16.7 Å². The minimum atomic E-state index is -1.04. The average Bonchev–Trinajstić information content (AvgIpc) is 2.17. The van der Waals surface area contributed by atoms with Crippen LogP contribution in [0.3, 0.4) is 0 Å². The first-order valence-corrected chi connectivity index (χ1v) is 4.86. The van der Waals surface area contributed by atoms with E-state index in [1.54, 1.807) is 19.9 Å². The van der Waals surface area contributed by atoms with Crippen LogP contribution in [-0.4, -0.2) is 26.6 Å². The highest BCUT2D eigenvalue weighted by Crippen LogP contribution is 2.17. The SMILES string of the molecule is CC[C@](C)(Nc1ccnc(Cl)n1)C(=O)O. The van der Waals surface area contributed by atoms with Crippen molar-refractivity contribution in [2.45, 2.75) is 25.8 Å². The van der Waals surface area contributed by atoms with E-state index in [1.165, 1.54) is 6.20 Å². The summed E-state index contributed by atoms with van der Waals surface area (Å²) in [6.45, 7) is 3.37. The first-order valence-electron chi connectivity index (χ1n) is 4.48. The van der Waals surface area contributed by atoms with Gasteiger partial charge in [0.25, 0.3) is 0 Å². The van der Waals surface area contributed by atoms with Gasteiger partial charge in [-0.25, -0.2) is 14.8 Å². The molecule has 0 aliphatic carbocycles. The number of carboxylic acid groups (broad SMARTS) is 1. The van der Waals surface area contributed by atoms with Gasteiger partial charge in [0, 0.05) is 6.20 Å². The van der Waals surface area contributed by atoms with Crippen LogP contribution in [0.5, 0.6) is 0 Å². The lowest BCUT2D eigenvalue weighted by atomic mass is 9.99. The third-order valence-electron chi connectivity index (χ3n) is 2.21. The molecule has 1 atom stereocenters. The second-order valence-corrected chi connectivity index (χ2v) is 3.66. The average molecular weight is 230 g/mol. The Morgan fingerprint density at radius 1 is 1.73 bits per heavy atom. The first-order chi connectivity index (χ1) is 6.98. The topological polar surface area (TPSA) is 75.1 Å². The molecule has 1 rings (SSSR count). The van der Waals surface area contributed by atoms with Gasteiger partial charge < -0.3 is 10.4 Å². The normalized spacial score (nSPS) is 14.3. The molecule has 1 aromatic rings. The molecule has 0 amide bonds. The molecule has 1 aromatic heterocycles. The number of aliphatic carboxylic acids is 1. The summed E-state index contributed by atoms with van der Waals surface area (Å²) >= 11 is 5.59. The van der Waals surface area contributed by atoms with E-state index < -0.39 is 11.5 Å². The van der Waals surface area contributed by atoms with E-state index in [2.05, 4.69) is 15.3 Å². The summed E-state index contributed by atoms with van der Waals surface area (Å²) in [5.74, 6) is -0.526. The van der Waals surface area contributed by atoms with E-state index in [-0.39, 0.29) is 5.28 Å². The zero-order chi connectivity index (χ0) is 11.5. The summed E-state index contributed by atoms with van der Waals surface area (Å²) in [6.07, 6.45) is 1.90. The minimum absolute atomic E-state index is 0.0869. The Labute approximate surface area is 92.5 Å². The van der Waals surface area contributed by atoms with Gasteiger partial charge >= 0.3 is 5.97 Å². The highest BCUT2D eigenvalue weighted by molar-refractivity contribution is 6.28. The Bertz CT molecular complexity index is 372. The van der Waals surface area contributed by atoms with Crippen molar-refractivity contribution in [1.29, 1.82) is 0 Å². The molecule has 0 aliphatic heterocycles. The van der Waals surface area contributed by atoms with Crippen molar-refractivity contribution in [3.63, 3.8) is 0 Å². The number of aromatic nitrogens is 2. The summed E-state index contributed by atoms with van der Waals surface area (Å²) in [4.78, 5) is 18.6. The number of carbonyl (C=O) groups is 1. The Balaban J connectivity index is 2.89. The number of rotatable bonds is 4. The molecule has 0 bridgehead atoms. The molecule has 0 unspecified atom stereocenters. The third-order valence-corrected chi connectivity index (χ3v) is 2.39. The number of halogens is 1. The van der Waals surface area contributed by atoms with E-state index in [0.717, 1.165) is 0 Å². The van der Waals surface area contributed by atoms with Crippen LogP contribution in [0.1, 0.15) is 20.3 Å². The van der Waals surface area contributed by atoms with Gasteiger partial charge in [-0.3, -0.25) is 0 Å². The van der Waals surface area contributed by atoms with Gasteiger partial charge in [0.2, 0.25) is 5.28 Å². The van der Waals surface area contributed by atoms with Crippen molar-refractivity contribution in [1.82, 2.24) is 9.97 Å². The lowest BCUT2D eigenvalue weighted by molar-refractivity contribution is -0.141. The van der Waals surface area contributed by atoms with Gasteiger partial charge in [0.15, 0.2) is 0 Å². The first kappa shape index (κ1) is 11.7. The Hall–Kier alpha value is -1.36. The molecule has 0 fully saturated rings. The summed E-state index contributed by atoms with van der Waals surface area (Å²) in [7, 11) is 0. The predicted molar refractivity (Wildman–Crippen MR) is 57.0 cm³/mol. The maximum Gasteiger partial charge on any atom is 0.329 e. The molecule has 82 valence electrons. The fraction of sp³-hybridized carbons (Fsp3) is 0.444. The monoisotopic (exact) mass is 229 g/mol. The van der Waals surface area contributed by atoms with E-state index in [1.807, 2.05) is 0 Å². The minimum Gasteiger partial charge on any atom is -0.480 e. The molecule has 2 N–H and O–H groups in total. The second-order valence-electron chi connectivity index (χ2n) is 3.33. The van der Waals surface area contributed by atoms with Crippen LogP contribution in [-0.2, 0) is 4.79 Å². The van der Waals surface area contributed by atoms with Crippen LogP contribution in [0.15, 0.2) is 12.3 Å². The van der Waals surface area contributed by atoms with Crippen LogP contribution in [0.25, 0.3) is 0 Å². The second kappa shape index (κ2) is 4.44. The molecule has 5 nitrogen and oxygen atoms in total. The zero-order valence-corrected chi connectivity index (χ0v) is 9.25. The van der Waals surface area contributed by atoms with E-state index >= 15 is 0 Å². The molecule has 6 heteroatoms. The summed E-state index contributed by atoms with van der Waals surface area (Å²) < 4.78 is 0. The van der Waals surface area contributed by atoms with Crippen molar-refractivity contribution in [2.24, 2.45) is 0 Å². The highest BCUT2D eigenvalue weighted by atomic mass is 35.5. The summed E-state index contributed by atoms with van der Waals surface area (Å²) in [6, 6.07) is 1.57. The molecule has 1 heterocycles. The standard InChI is InChI=1S/C9H12ClN3O2/c1-3-9(2,7(14)15)13-6-4-5-11-8(10)12-6/h4-5H,3H2,1-2H3,(H,14,15)(H,11,12,13)/t9-/m0/s1. The maximum atomic E-state index is 11.0. The molecule has 0 aliphatic rings. The van der Waals surface area contributed by atoms with Gasteiger partial charge in [0.05, 0.1) is 0 Å². The summed E-state index contributed by atoms with van der Waals surface area (Å²) in [5.41, 5.74) is -1.04. The van der Waals surface area contributed by atoms with Gasteiger partial charge in [0.1, 0.15) is 11.4 Å². The molecular formula is C9H12ClN3O2. The van der Waals surface area contributed by atoms with Gasteiger partial charge in [-0.1, -0.05) is 6.92 Å². The Morgan fingerprint density at radius 3 is 2.87 bits per heavy atom. The fourth-order valence-corrected chi connectivity index (χ4v) is 1.13. The molecule has 0 radical (unpaired) electrons. The van der Waals surface area contributed by atoms with Crippen molar-refractivity contribution in [3.8, 4) is 0 Å². The quantitative estimate of drug-likeness (QED) is 0.770. The predicted octanol–water partition coefficient (Wildman–Crippen LogP) is 1.80. The number of anilines is 1. The van der Waals surface area contributed by atoms with Crippen LogP contribution in [0, 0.1) is 0 Å².